The van der Waals surface area contributed by atoms with Crippen LogP contribution in [0.1, 0.15) is 35.3 Å². The molecule has 1 unspecified atom stereocenters. The van der Waals surface area contributed by atoms with Gasteiger partial charge in [-0.2, -0.15) is 0 Å². The van der Waals surface area contributed by atoms with Crippen LogP contribution in [0, 0.1) is 0 Å². The highest BCUT2D eigenvalue weighted by molar-refractivity contribution is 5.52. The number of rotatable bonds is 8. The first-order valence-electron chi connectivity index (χ1n) is 7.90. The van der Waals surface area contributed by atoms with Crippen LogP contribution in [0.4, 0.5) is 0 Å². The van der Waals surface area contributed by atoms with E-state index in [4.69, 9.17) is 10.5 Å². The molecule has 0 spiro atoms. The molecule has 0 aliphatic rings. The fourth-order valence-corrected chi connectivity index (χ4v) is 2.76. The molecule has 0 bridgehead atoms. The number of hydrogen-bond donors (Lipinski definition) is 1. The third-order valence-electron chi connectivity index (χ3n) is 3.90. The number of aryl methyl sites for hydroxylation is 1. The standard InChI is InChI=1S/C20H25NO/c1-3-16-9-5-6-11-18(16)15-20(22-14-13-21)19-12-8-7-10-17(19)4-2/h4-12,20H,2-3,13-15,21H2,1H3. The van der Waals surface area contributed by atoms with Gasteiger partial charge in [0.1, 0.15) is 0 Å². The normalized spacial score (nSPS) is 12.1. The Morgan fingerprint density at radius 3 is 2.45 bits per heavy atom. The van der Waals surface area contributed by atoms with Gasteiger partial charge in [0.2, 0.25) is 0 Å². The molecule has 0 saturated carbocycles. The van der Waals surface area contributed by atoms with Gasteiger partial charge in [0, 0.05) is 13.0 Å². The maximum absolute atomic E-state index is 6.05. The van der Waals surface area contributed by atoms with E-state index < -0.39 is 0 Å². The Morgan fingerprint density at radius 1 is 1.09 bits per heavy atom. The minimum atomic E-state index is 0.00505. The molecule has 2 N–H and O–H groups in total. The molecular weight excluding hydrogens is 270 g/mol. The van der Waals surface area contributed by atoms with E-state index in [1.54, 1.807) is 0 Å². The second-order valence-electron chi connectivity index (χ2n) is 5.31. The average Bonchev–Trinajstić information content (AvgIpc) is 2.59. The lowest BCUT2D eigenvalue weighted by Crippen LogP contribution is -2.16. The fourth-order valence-electron chi connectivity index (χ4n) is 2.76. The third-order valence-corrected chi connectivity index (χ3v) is 3.90. The molecule has 0 radical (unpaired) electrons. The Morgan fingerprint density at radius 2 is 1.77 bits per heavy atom. The second-order valence-corrected chi connectivity index (χ2v) is 5.31. The van der Waals surface area contributed by atoms with Crippen molar-refractivity contribution < 1.29 is 4.74 Å². The van der Waals surface area contributed by atoms with Gasteiger partial charge in [-0.25, -0.2) is 0 Å². The average molecular weight is 295 g/mol. The van der Waals surface area contributed by atoms with E-state index in [-0.39, 0.29) is 6.10 Å². The first kappa shape index (κ1) is 16.5. The Labute approximate surface area is 133 Å². The predicted molar refractivity (Wildman–Crippen MR) is 93.8 cm³/mol. The lowest BCUT2D eigenvalue weighted by Gasteiger charge is -2.21. The second kappa shape index (κ2) is 8.52. The smallest absolute Gasteiger partial charge is 0.0871 e. The molecule has 0 fully saturated rings. The molecule has 2 aromatic carbocycles. The summed E-state index contributed by atoms with van der Waals surface area (Å²) in [7, 11) is 0. The highest BCUT2D eigenvalue weighted by Crippen LogP contribution is 2.27. The Hall–Kier alpha value is -1.90. The number of ether oxygens (including phenoxy) is 1. The summed E-state index contributed by atoms with van der Waals surface area (Å²) >= 11 is 0. The van der Waals surface area contributed by atoms with E-state index in [0.717, 1.165) is 18.4 Å². The maximum Gasteiger partial charge on any atom is 0.0871 e. The predicted octanol–water partition coefficient (Wildman–Crippen LogP) is 4.15. The molecule has 22 heavy (non-hydrogen) atoms. The van der Waals surface area contributed by atoms with Gasteiger partial charge >= 0.3 is 0 Å². The monoisotopic (exact) mass is 295 g/mol. The van der Waals surface area contributed by atoms with Crippen LogP contribution in [-0.4, -0.2) is 13.2 Å². The van der Waals surface area contributed by atoms with E-state index in [2.05, 4.69) is 49.9 Å². The van der Waals surface area contributed by atoms with Crippen molar-refractivity contribution in [3.8, 4) is 0 Å². The Balaban J connectivity index is 2.31. The lowest BCUT2D eigenvalue weighted by atomic mass is 9.94. The SMILES string of the molecule is C=Cc1ccccc1C(Cc1ccccc1CC)OCCN. The first-order chi connectivity index (χ1) is 10.8. The molecule has 2 aromatic rings. The number of hydrogen-bond acceptors (Lipinski definition) is 2. The van der Waals surface area contributed by atoms with Crippen molar-refractivity contribution in [3.05, 3.63) is 77.4 Å². The maximum atomic E-state index is 6.05. The van der Waals surface area contributed by atoms with E-state index in [1.165, 1.54) is 16.7 Å². The summed E-state index contributed by atoms with van der Waals surface area (Å²) in [6.45, 7) is 7.19. The molecular formula is C20H25NO. The van der Waals surface area contributed by atoms with Crippen molar-refractivity contribution in [2.75, 3.05) is 13.2 Å². The van der Waals surface area contributed by atoms with Crippen LogP contribution in [0.15, 0.2) is 55.1 Å². The number of nitrogens with two attached hydrogens (primary N) is 1. The quantitative estimate of drug-likeness (QED) is 0.794. The van der Waals surface area contributed by atoms with Crippen LogP contribution in [0.3, 0.4) is 0 Å². The van der Waals surface area contributed by atoms with Crippen LogP contribution < -0.4 is 5.73 Å². The summed E-state index contributed by atoms with van der Waals surface area (Å²) in [4.78, 5) is 0. The van der Waals surface area contributed by atoms with E-state index in [9.17, 15) is 0 Å². The third kappa shape index (κ3) is 4.06. The summed E-state index contributed by atoms with van der Waals surface area (Å²) in [5.41, 5.74) is 10.6. The van der Waals surface area contributed by atoms with Crippen molar-refractivity contribution in [1.82, 2.24) is 0 Å². The molecule has 116 valence electrons. The van der Waals surface area contributed by atoms with Gasteiger partial charge in [-0.1, -0.05) is 68.1 Å². The van der Waals surface area contributed by atoms with Gasteiger partial charge in [0.05, 0.1) is 12.7 Å². The zero-order valence-electron chi connectivity index (χ0n) is 13.3. The summed E-state index contributed by atoms with van der Waals surface area (Å²) < 4.78 is 6.05. The van der Waals surface area contributed by atoms with Crippen LogP contribution in [0.2, 0.25) is 0 Å². The molecule has 0 heterocycles. The minimum absolute atomic E-state index is 0.00505. The Kier molecular flexibility index (Phi) is 6.38. The molecule has 2 heteroatoms. The largest absolute Gasteiger partial charge is 0.372 e. The molecule has 0 aliphatic carbocycles. The van der Waals surface area contributed by atoms with Crippen LogP contribution in [0.5, 0.6) is 0 Å². The highest BCUT2D eigenvalue weighted by atomic mass is 16.5. The van der Waals surface area contributed by atoms with Crippen LogP contribution in [0.25, 0.3) is 6.08 Å². The van der Waals surface area contributed by atoms with Gasteiger partial charge in [-0.05, 0) is 28.7 Å². The van der Waals surface area contributed by atoms with Crippen LogP contribution >= 0.6 is 0 Å². The summed E-state index contributed by atoms with van der Waals surface area (Å²) in [5, 5.41) is 0. The van der Waals surface area contributed by atoms with E-state index in [1.807, 2.05) is 18.2 Å². The molecule has 0 aliphatic heterocycles. The zero-order valence-corrected chi connectivity index (χ0v) is 13.3. The molecule has 0 saturated heterocycles. The first-order valence-corrected chi connectivity index (χ1v) is 7.90. The number of benzene rings is 2. The van der Waals surface area contributed by atoms with Gasteiger partial charge < -0.3 is 10.5 Å². The van der Waals surface area contributed by atoms with Crippen molar-refractivity contribution in [3.63, 3.8) is 0 Å². The van der Waals surface area contributed by atoms with Gasteiger partial charge in [-0.15, -0.1) is 0 Å². The zero-order chi connectivity index (χ0) is 15.8. The van der Waals surface area contributed by atoms with Crippen molar-refractivity contribution >= 4 is 6.08 Å². The summed E-state index contributed by atoms with van der Waals surface area (Å²) in [6.07, 6.45) is 3.78. The molecule has 2 rings (SSSR count). The van der Waals surface area contributed by atoms with Gasteiger partial charge in [0.25, 0.3) is 0 Å². The molecule has 0 aromatic heterocycles. The summed E-state index contributed by atoms with van der Waals surface area (Å²) in [5.74, 6) is 0. The highest BCUT2D eigenvalue weighted by Gasteiger charge is 2.16. The van der Waals surface area contributed by atoms with E-state index >= 15 is 0 Å². The van der Waals surface area contributed by atoms with Crippen molar-refractivity contribution in [2.45, 2.75) is 25.9 Å². The molecule has 1 atom stereocenters. The van der Waals surface area contributed by atoms with Crippen molar-refractivity contribution in [1.29, 1.82) is 0 Å². The van der Waals surface area contributed by atoms with Gasteiger partial charge in [-0.3, -0.25) is 0 Å². The van der Waals surface area contributed by atoms with E-state index in [0.29, 0.717) is 13.2 Å². The summed E-state index contributed by atoms with van der Waals surface area (Å²) in [6, 6.07) is 16.8. The topological polar surface area (TPSA) is 35.2 Å². The fraction of sp³-hybridized carbons (Fsp3) is 0.300. The van der Waals surface area contributed by atoms with Crippen molar-refractivity contribution in [2.24, 2.45) is 5.73 Å². The molecule has 2 nitrogen and oxygen atoms in total. The molecule has 0 amide bonds. The van der Waals surface area contributed by atoms with Crippen LogP contribution in [-0.2, 0) is 17.6 Å². The lowest BCUT2D eigenvalue weighted by molar-refractivity contribution is 0.0583. The minimum Gasteiger partial charge on any atom is -0.372 e. The Bertz CT molecular complexity index is 606. The van der Waals surface area contributed by atoms with Gasteiger partial charge in [0.15, 0.2) is 0 Å².